The maximum absolute atomic E-state index is 9.79. The van der Waals surface area contributed by atoms with Crippen molar-refractivity contribution in [3.8, 4) is 0 Å². The van der Waals surface area contributed by atoms with E-state index in [1.807, 2.05) is 0 Å². The highest BCUT2D eigenvalue weighted by molar-refractivity contribution is 5.62. The normalized spacial score (nSPS) is 15.5. The van der Waals surface area contributed by atoms with Crippen molar-refractivity contribution in [1.29, 1.82) is 0 Å². The molecule has 122 valence electrons. The third-order valence-corrected chi connectivity index (χ3v) is 3.60. The Hall–Kier alpha value is -1.05. The second-order valence-electron chi connectivity index (χ2n) is 5.78. The van der Waals surface area contributed by atoms with Crippen molar-refractivity contribution in [2.75, 3.05) is 0 Å². The van der Waals surface area contributed by atoms with Crippen molar-refractivity contribution in [2.24, 2.45) is 0 Å². The number of unbranched alkanes of at least 4 members (excludes halogenated alkanes) is 1. The van der Waals surface area contributed by atoms with Gasteiger partial charge in [0.15, 0.2) is 0 Å². The monoisotopic (exact) mass is 296 g/mol. The minimum Gasteiger partial charge on any atom is -0.481 e. The molecule has 0 aromatic heterocycles. The Kier molecular flexibility index (Phi) is 12.0. The maximum atomic E-state index is 9.79. The van der Waals surface area contributed by atoms with Gasteiger partial charge in [0.05, 0.1) is 6.10 Å². The van der Waals surface area contributed by atoms with Crippen molar-refractivity contribution >= 4 is 5.97 Å². The molecule has 1 aliphatic carbocycles. The van der Waals surface area contributed by atoms with Crippen molar-refractivity contribution < 1.29 is 15.0 Å². The number of aliphatic hydroxyl groups is 1. The Morgan fingerprint density at radius 3 is 2.29 bits per heavy atom. The minimum absolute atomic E-state index is 0.168. The molecule has 0 spiro atoms. The van der Waals surface area contributed by atoms with Crippen LogP contribution in [0.25, 0.3) is 0 Å². The van der Waals surface area contributed by atoms with E-state index in [-0.39, 0.29) is 6.10 Å². The first kappa shape index (κ1) is 19.9. The summed E-state index contributed by atoms with van der Waals surface area (Å²) in [7, 11) is 0. The molecular formula is C18H32O3. The number of hydrogen-bond donors (Lipinski definition) is 2. The zero-order chi connectivity index (χ0) is 16.1. The van der Waals surface area contributed by atoms with Crippen LogP contribution in [-0.2, 0) is 4.79 Å². The van der Waals surface area contributed by atoms with Crippen LogP contribution in [0.3, 0.4) is 0 Å². The van der Waals surface area contributed by atoms with Gasteiger partial charge in [-0.15, -0.1) is 5.73 Å². The minimum atomic E-state index is -0.833. The summed E-state index contributed by atoms with van der Waals surface area (Å²) in [5, 5.41) is 17.2. The van der Waals surface area contributed by atoms with Crippen LogP contribution in [0.4, 0.5) is 0 Å². The Morgan fingerprint density at radius 2 is 1.81 bits per heavy atom. The van der Waals surface area contributed by atoms with Gasteiger partial charge in [-0.3, -0.25) is 4.79 Å². The zero-order valence-electron chi connectivity index (χ0n) is 14.0. The van der Waals surface area contributed by atoms with Crippen molar-refractivity contribution in [2.45, 2.75) is 91.1 Å². The highest BCUT2D eigenvalue weighted by atomic mass is 16.4. The lowest BCUT2D eigenvalue weighted by Crippen LogP contribution is -2.05. The Balaban J connectivity index is 0.000000885. The summed E-state index contributed by atoms with van der Waals surface area (Å²) in [5.41, 5.74) is 6.49. The number of rotatable bonds is 6. The van der Waals surface area contributed by atoms with Crippen molar-refractivity contribution in [3.05, 3.63) is 16.9 Å². The Morgan fingerprint density at radius 1 is 1.24 bits per heavy atom. The highest BCUT2D eigenvalue weighted by Gasteiger charge is 2.08. The lowest BCUT2D eigenvalue weighted by atomic mass is 9.93. The molecule has 0 aromatic carbocycles. The molecular weight excluding hydrogens is 264 g/mol. The summed E-state index contributed by atoms with van der Waals surface area (Å²) in [6.07, 6.45) is 11.6. The maximum Gasteiger partial charge on any atom is 0.300 e. The molecule has 0 heterocycles. The average molecular weight is 296 g/mol. The van der Waals surface area contributed by atoms with E-state index in [0.717, 1.165) is 26.2 Å². The third-order valence-electron chi connectivity index (χ3n) is 3.60. The van der Waals surface area contributed by atoms with Crippen LogP contribution in [0.1, 0.15) is 85.0 Å². The largest absolute Gasteiger partial charge is 0.481 e. The molecule has 0 unspecified atom stereocenters. The van der Waals surface area contributed by atoms with E-state index in [4.69, 9.17) is 9.90 Å². The van der Waals surface area contributed by atoms with Crippen LogP contribution < -0.4 is 0 Å². The number of carboxylic acids is 1. The Bertz CT molecular complexity index is 339. The van der Waals surface area contributed by atoms with Gasteiger partial charge in [0.2, 0.25) is 0 Å². The number of aliphatic carboxylic acids is 1. The quantitative estimate of drug-likeness (QED) is 0.689. The first-order valence-corrected chi connectivity index (χ1v) is 8.33. The van der Waals surface area contributed by atoms with Crippen LogP contribution in [0.15, 0.2) is 16.9 Å². The van der Waals surface area contributed by atoms with E-state index in [2.05, 4.69) is 19.6 Å². The number of hydrogen-bond acceptors (Lipinski definition) is 2. The number of carboxylic acid groups (broad SMARTS) is 1. The van der Waals surface area contributed by atoms with Gasteiger partial charge in [-0.05, 0) is 56.1 Å². The second-order valence-corrected chi connectivity index (χ2v) is 5.78. The molecule has 0 amide bonds. The average Bonchev–Trinajstić information content (AvgIpc) is 2.45. The molecule has 1 saturated carbocycles. The van der Waals surface area contributed by atoms with E-state index in [1.165, 1.54) is 56.1 Å². The fourth-order valence-corrected chi connectivity index (χ4v) is 2.39. The smallest absolute Gasteiger partial charge is 0.300 e. The van der Waals surface area contributed by atoms with Crippen molar-refractivity contribution in [1.82, 2.24) is 0 Å². The summed E-state index contributed by atoms with van der Waals surface area (Å²) in [4.78, 5) is 9.00. The molecule has 21 heavy (non-hydrogen) atoms. The predicted molar refractivity (Wildman–Crippen MR) is 87.4 cm³/mol. The molecule has 0 aliphatic heterocycles. The fraction of sp³-hybridized carbons (Fsp3) is 0.778. The molecule has 0 bridgehead atoms. The van der Waals surface area contributed by atoms with Gasteiger partial charge in [0, 0.05) is 13.3 Å². The molecule has 0 saturated heterocycles. The lowest BCUT2D eigenvalue weighted by molar-refractivity contribution is -0.134. The summed E-state index contributed by atoms with van der Waals surface area (Å²) in [6, 6.07) is 0. The topological polar surface area (TPSA) is 57.5 Å². The molecule has 0 aromatic rings. The van der Waals surface area contributed by atoms with E-state index in [1.54, 1.807) is 0 Å². The number of carbonyl (C=O) groups is 1. The molecule has 1 aliphatic rings. The zero-order valence-corrected chi connectivity index (χ0v) is 14.0. The first-order chi connectivity index (χ1) is 9.99. The van der Waals surface area contributed by atoms with Crippen molar-refractivity contribution in [3.63, 3.8) is 0 Å². The van der Waals surface area contributed by atoms with E-state index < -0.39 is 5.97 Å². The second kappa shape index (κ2) is 12.7. The molecule has 1 fully saturated rings. The summed E-state index contributed by atoms with van der Waals surface area (Å²) in [6.45, 7) is 5.36. The predicted octanol–water partition coefficient (Wildman–Crippen LogP) is 4.84. The SMILES string of the molecule is CC(=O)O.CCCCC(=C=C1CCCCC1)C[C@H](O)CC. The third kappa shape index (κ3) is 12.4. The van der Waals surface area contributed by atoms with Gasteiger partial charge in [0.1, 0.15) is 0 Å². The van der Waals surface area contributed by atoms with Gasteiger partial charge >= 0.3 is 0 Å². The molecule has 0 radical (unpaired) electrons. The summed E-state index contributed by atoms with van der Waals surface area (Å²) < 4.78 is 0. The van der Waals surface area contributed by atoms with E-state index >= 15 is 0 Å². The van der Waals surface area contributed by atoms with Gasteiger partial charge < -0.3 is 10.2 Å². The molecule has 1 atom stereocenters. The molecule has 2 N–H and O–H groups in total. The first-order valence-electron chi connectivity index (χ1n) is 8.33. The van der Waals surface area contributed by atoms with E-state index in [0.29, 0.717) is 0 Å². The number of aliphatic hydroxyl groups excluding tert-OH is 1. The highest BCUT2D eigenvalue weighted by Crippen LogP contribution is 2.24. The van der Waals surface area contributed by atoms with Gasteiger partial charge in [-0.25, -0.2) is 0 Å². The van der Waals surface area contributed by atoms with Crippen LogP contribution >= 0.6 is 0 Å². The van der Waals surface area contributed by atoms with Crippen LogP contribution in [0, 0.1) is 0 Å². The van der Waals surface area contributed by atoms with Gasteiger partial charge in [-0.2, -0.15) is 0 Å². The van der Waals surface area contributed by atoms with Gasteiger partial charge in [-0.1, -0.05) is 26.7 Å². The van der Waals surface area contributed by atoms with Crippen LogP contribution in [0.2, 0.25) is 0 Å². The fourth-order valence-electron chi connectivity index (χ4n) is 2.39. The lowest BCUT2D eigenvalue weighted by Gasteiger charge is -2.13. The molecule has 3 nitrogen and oxygen atoms in total. The van der Waals surface area contributed by atoms with Gasteiger partial charge in [0.25, 0.3) is 5.97 Å². The van der Waals surface area contributed by atoms with E-state index in [9.17, 15) is 5.11 Å². The summed E-state index contributed by atoms with van der Waals surface area (Å²) in [5.74, 6) is -0.833. The van der Waals surface area contributed by atoms with Crippen LogP contribution in [-0.4, -0.2) is 22.3 Å². The standard InChI is InChI=1S/C16H28O.C2H4O2/c1-3-5-9-15(13-16(17)4-2)12-14-10-7-6-8-11-14;1-2(3)4/h16-17H,3-11,13H2,1-2H3;1H3,(H,3,4)/t16-;/m1./s1. The van der Waals surface area contributed by atoms with Crippen LogP contribution in [0.5, 0.6) is 0 Å². The summed E-state index contributed by atoms with van der Waals surface area (Å²) >= 11 is 0. The molecule has 1 rings (SSSR count). The molecule has 3 heteroatoms. The Labute approximate surface area is 129 Å².